The van der Waals surface area contributed by atoms with Gasteiger partial charge in [0.2, 0.25) is 0 Å². The highest BCUT2D eigenvalue weighted by Crippen LogP contribution is 2.23. The van der Waals surface area contributed by atoms with Crippen LogP contribution in [0, 0.1) is 6.08 Å². The predicted molar refractivity (Wildman–Crippen MR) is 111 cm³/mol. The van der Waals surface area contributed by atoms with E-state index in [0.717, 1.165) is 35.2 Å². The summed E-state index contributed by atoms with van der Waals surface area (Å²) < 4.78 is 15.9. The van der Waals surface area contributed by atoms with Gasteiger partial charge in [0.25, 0.3) is 0 Å². The molecule has 4 aromatic rings. The number of nitrogen functional groups attached to an aromatic ring is 1. The van der Waals surface area contributed by atoms with E-state index in [1.165, 1.54) is 0 Å². The predicted octanol–water partition coefficient (Wildman–Crippen LogP) is 3.03. The Morgan fingerprint density at radius 2 is 1.86 bits per heavy atom. The van der Waals surface area contributed by atoms with Crippen molar-refractivity contribution < 1.29 is 9.50 Å². The molecule has 0 unspecified atom stereocenters. The van der Waals surface area contributed by atoms with Gasteiger partial charge in [-0.05, 0) is 51.5 Å². The van der Waals surface area contributed by atoms with Gasteiger partial charge in [0.1, 0.15) is 0 Å². The van der Waals surface area contributed by atoms with E-state index in [0.29, 0.717) is 22.4 Å². The first-order chi connectivity index (χ1) is 14.0. The maximum absolute atomic E-state index is 13.6. The Balaban J connectivity index is 1.53. The average Bonchev–Trinajstić information content (AvgIpc) is 3.03. The lowest BCUT2D eigenvalue weighted by atomic mass is 10.0. The van der Waals surface area contributed by atoms with Crippen molar-refractivity contribution in [3.8, 4) is 0 Å². The molecule has 0 saturated heterocycles. The van der Waals surface area contributed by atoms with E-state index in [1.807, 2.05) is 24.3 Å². The van der Waals surface area contributed by atoms with E-state index >= 15 is 0 Å². The van der Waals surface area contributed by atoms with Crippen LogP contribution >= 0.6 is 15.9 Å². The molecule has 1 aromatic carbocycles. The maximum Gasteiger partial charge on any atom is 0.312 e. The van der Waals surface area contributed by atoms with Gasteiger partial charge < -0.3 is 10.8 Å². The molecule has 4 rings (SSSR count). The van der Waals surface area contributed by atoms with Gasteiger partial charge in [0.05, 0.1) is 13.2 Å². The van der Waals surface area contributed by atoms with Crippen LogP contribution in [0.5, 0.6) is 0 Å². The Kier molecular flexibility index (Phi) is 5.50. The molecule has 0 radical (unpaired) electrons. The van der Waals surface area contributed by atoms with Gasteiger partial charge in [-0.15, -0.1) is 0 Å². The summed E-state index contributed by atoms with van der Waals surface area (Å²) >= 11 is 3.40. The molecule has 0 fully saturated rings. The van der Waals surface area contributed by atoms with Crippen LogP contribution in [-0.4, -0.2) is 29.6 Å². The number of halogens is 2. The minimum atomic E-state index is -0.878. The van der Waals surface area contributed by atoms with E-state index in [9.17, 15) is 4.39 Å². The normalized spacial score (nSPS) is 11.3. The Bertz CT molecular complexity index is 1160. The number of imidazole rings is 1. The van der Waals surface area contributed by atoms with Crippen molar-refractivity contribution in [1.82, 2.24) is 24.5 Å². The number of pyridine rings is 1. The van der Waals surface area contributed by atoms with Crippen molar-refractivity contribution in [2.45, 2.75) is 26.0 Å². The van der Waals surface area contributed by atoms with Crippen LogP contribution in [0.15, 0.2) is 47.3 Å². The number of anilines is 1. The van der Waals surface area contributed by atoms with Crippen LogP contribution in [-0.2, 0) is 26.0 Å². The van der Waals surface area contributed by atoms with Gasteiger partial charge in [-0.2, -0.15) is 14.4 Å². The maximum atomic E-state index is 13.6. The van der Waals surface area contributed by atoms with Crippen molar-refractivity contribution in [3.63, 3.8) is 0 Å². The second-order valence-electron chi connectivity index (χ2n) is 6.65. The molecule has 0 saturated carbocycles. The lowest BCUT2D eigenvalue weighted by Crippen LogP contribution is -2.04. The fourth-order valence-corrected chi connectivity index (χ4v) is 3.61. The largest absolute Gasteiger partial charge is 0.392 e. The Labute approximate surface area is 174 Å². The van der Waals surface area contributed by atoms with Crippen LogP contribution in [0.1, 0.15) is 22.4 Å². The molecule has 0 aliphatic heterocycles. The van der Waals surface area contributed by atoms with E-state index in [1.54, 1.807) is 10.8 Å². The number of aromatic nitrogens is 5. The molecule has 0 bridgehead atoms. The summed E-state index contributed by atoms with van der Waals surface area (Å²) in [5, 5.41) is 9.10. The molecule has 9 heteroatoms. The fourth-order valence-electron chi connectivity index (χ4n) is 3.14. The molecule has 0 aliphatic carbocycles. The number of fused-ring (bicyclic) bond motifs is 1. The first-order valence-corrected chi connectivity index (χ1v) is 9.80. The summed E-state index contributed by atoms with van der Waals surface area (Å²) in [5.74, 6) is 0.0143. The second-order valence-corrected chi connectivity index (χ2v) is 7.36. The molecular weight excluding hydrogens is 439 g/mol. The first kappa shape index (κ1) is 19.4. The van der Waals surface area contributed by atoms with Crippen LogP contribution in [0.2, 0.25) is 0 Å². The highest BCUT2D eigenvalue weighted by molar-refractivity contribution is 9.10. The van der Waals surface area contributed by atoms with Gasteiger partial charge in [-0.1, -0.05) is 30.3 Å². The van der Waals surface area contributed by atoms with Crippen molar-refractivity contribution in [3.05, 3.63) is 75.8 Å². The molecule has 29 heavy (non-hydrogen) atoms. The zero-order valence-electron chi connectivity index (χ0n) is 15.4. The Hall–Kier alpha value is -2.91. The van der Waals surface area contributed by atoms with E-state index in [-0.39, 0.29) is 12.4 Å². The summed E-state index contributed by atoms with van der Waals surface area (Å²) in [7, 11) is 0. The molecule has 0 amide bonds. The van der Waals surface area contributed by atoms with Gasteiger partial charge in [-0.25, -0.2) is 4.98 Å². The number of rotatable bonds is 6. The average molecular weight is 457 g/mol. The third kappa shape index (κ3) is 4.25. The third-order valence-electron chi connectivity index (χ3n) is 4.62. The summed E-state index contributed by atoms with van der Waals surface area (Å²) in [6.45, 7) is 0.457. The monoisotopic (exact) mass is 456 g/mol. The Morgan fingerprint density at radius 1 is 1.03 bits per heavy atom. The number of nitrogens with two attached hydrogens (primary N) is 1. The second kappa shape index (κ2) is 8.22. The molecule has 0 spiro atoms. The summed E-state index contributed by atoms with van der Waals surface area (Å²) in [6, 6.07) is 12.0. The zero-order valence-corrected chi connectivity index (χ0v) is 17.0. The molecular formula is C20H18BrFN6O. The van der Waals surface area contributed by atoms with Crippen molar-refractivity contribution in [2.24, 2.45) is 0 Å². The van der Waals surface area contributed by atoms with Gasteiger partial charge in [0.15, 0.2) is 21.7 Å². The number of aliphatic hydroxyl groups is 1. The van der Waals surface area contributed by atoms with Crippen LogP contribution < -0.4 is 5.73 Å². The number of hydrogen-bond acceptors (Lipinski definition) is 6. The third-order valence-corrected chi connectivity index (χ3v) is 5.22. The SMILES string of the molecule is Nc1nc(F)nc2c1nc(Br)n2Cc1cccc(CCc2ccc(CO)cn2)c1. The zero-order chi connectivity index (χ0) is 20.4. The molecule has 3 heterocycles. The highest BCUT2D eigenvalue weighted by Gasteiger charge is 2.15. The summed E-state index contributed by atoms with van der Waals surface area (Å²) in [4.78, 5) is 16.0. The summed E-state index contributed by atoms with van der Waals surface area (Å²) in [5.41, 5.74) is 10.4. The standard InChI is InChI=1S/C20H18BrFN6O/c21-19-25-16-17(23)26-20(22)27-18(16)28(19)10-13-3-1-2-12(8-13)4-6-15-7-5-14(11-29)9-24-15/h1-3,5,7-9,29H,4,6,10-11H2,(H2,23,26,27). The van der Waals surface area contributed by atoms with Crippen LogP contribution in [0.3, 0.4) is 0 Å². The minimum absolute atomic E-state index is 0.00567. The fraction of sp³-hybridized carbons (Fsp3) is 0.200. The Morgan fingerprint density at radius 3 is 2.62 bits per heavy atom. The summed E-state index contributed by atoms with van der Waals surface area (Å²) in [6.07, 6.45) is 2.44. The van der Waals surface area contributed by atoms with Crippen LogP contribution in [0.25, 0.3) is 11.2 Å². The molecule has 0 aliphatic rings. The number of aryl methyl sites for hydroxylation is 2. The lowest BCUT2D eigenvalue weighted by Gasteiger charge is -2.08. The molecule has 7 nitrogen and oxygen atoms in total. The first-order valence-electron chi connectivity index (χ1n) is 9.00. The number of benzene rings is 1. The van der Waals surface area contributed by atoms with Gasteiger partial charge >= 0.3 is 6.08 Å². The van der Waals surface area contributed by atoms with Crippen LogP contribution in [0.4, 0.5) is 10.2 Å². The number of aliphatic hydroxyl groups excluding tert-OH is 1. The van der Waals surface area contributed by atoms with Crippen molar-refractivity contribution in [1.29, 1.82) is 0 Å². The van der Waals surface area contributed by atoms with Gasteiger partial charge in [-0.3, -0.25) is 9.55 Å². The smallest absolute Gasteiger partial charge is 0.312 e. The quantitative estimate of drug-likeness (QED) is 0.341. The van der Waals surface area contributed by atoms with Crippen molar-refractivity contribution >= 4 is 32.9 Å². The molecule has 3 N–H and O–H groups in total. The minimum Gasteiger partial charge on any atom is -0.392 e. The van der Waals surface area contributed by atoms with E-state index < -0.39 is 6.08 Å². The van der Waals surface area contributed by atoms with E-state index in [4.69, 9.17) is 10.8 Å². The topological polar surface area (TPSA) is 103 Å². The highest BCUT2D eigenvalue weighted by atomic mass is 79.9. The lowest BCUT2D eigenvalue weighted by molar-refractivity contribution is 0.281. The molecule has 0 atom stereocenters. The van der Waals surface area contributed by atoms with Crippen molar-refractivity contribution in [2.75, 3.05) is 5.73 Å². The molecule has 3 aromatic heterocycles. The number of nitrogens with zero attached hydrogens (tertiary/aromatic N) is 5. The van der Waals surface area contributed by atoms with E-state index in [2.05, 4.69) is 48.0 Å². The van der Waals surface area contributed by atoms with Gasteiger partial charge in [0, 0.05) is 11.9 Å². The number of hydrogen-bond donors (Lipinski definition) is 2. The molecule has 148 valence electrons.